The molecule has 0 aromatic heterocycles. The monoisotopic (exact) mass is 528 g/mol. The number of carbonyl (C=O) groups excluding carboxylic acids is 1. The quantitative estimate of drug-likeness (QED) is 0.183. The van der Waals surface area contributed by atoms with Crippen LogP contribution in [0, 0.1) is 10.1 Å². The molecule has 0 radical (unpaired) electrons. The Bertz CT molecular complexity index is 1570. The number of amides is 1. The summed E-state index contributed by atoms with van der Waals surface area (Å²) in [6.07, 6.45) is 0. The van der Waals surface area contributed by atoms with Crippen molar-refractivity contribution < 1.29 is 18.1 Å². The van der Waals surface area contributed by atoms with Gasteiger partial charge in [-0.1, -0.05) is 60.7 Å². The maximum atomic E-state index is 13.8. The van der Waals surface area contributed by atoms with E-state index in [1.54, 1.807) is 43.3 Å². The molecule has 0 saturated heterocycles. The first-order chi connectivity index (χ1) is 18.3. The largest absolute Gasteiger partial charge is 0.273 e. The molecule has 0 spiro atoms. The molecule has 4 rings (SSSR count). The van der Waals surface area contributed by atoms with Crippen LogP contribution in [-0.4, -0.2) is 25.0 Å². The van der Waals surface area contributed by atoms with Crippen molar-refractivity contribution in [2.24, 2.45) is 5.10 Å². The van der Waals surface area contributed by atoms with Crippen LogP contribution >= 0.6 is 0 Å². The van der Waals surface area contributed by atoms with Crippen molar-refractivity contribution in [3.05, 3.63) is 136 Å². The maximum Gasteiger partial charge on any atom is 0.273 e. The van der Waals surface area contributed by atoms with E-state index in [4.69, 9.17) is 0 Å². The molecule has 38 heavy (non-hydrogen) atoms. The number of benzene rings is 4. The molecular formula is C28H24N4O5S. The van der Waals surface area contributed by atoms with E-state index in [9.17, 15) is 23.3 Å². The molecule has 0 unspecified atom stereocenters. The number of non-ortho nitro benzene ring substituents is 1. The molecule has 4 aromatic carbocycles. The predicted molar refractivity (Wildman–Crippen MR) is 145 cm³/mol. The molecule has 9 nitrogen and oxygen atoms in total. The first-order valence-electron chi connectivity index (χ1n) is 11.6. The number of para-hydroxylation sites is 1. The average molecular weight is 529 g/mol. The van der Waals surface area contributed by atoms with Gasteiger partial charge in [0.15, 0.2) is 0 Å². The van der Waals surface area contributed by atoms with E-state index in [0.717, 1.165) is 5.56 Å². The number of nitro benzene ring substituents is 1. The molecule has 0 heterocycles. The minimum Gasteiger partial charge on any atom is -0.267 e. The van der Waals surface area contributed by atoms with Gasteiger partial charge in [-0.05, 0) is 54.4 Å². The third kappa shape index (κ3) is 5.93. The van der Waals surface area contributed by atoms with Gasteiger partial charge < -0.3 is 0 Å². The molecular weight excluding hydrogens is 504 g/mol. The third-order valence-corrected chi connectivity index (χ3v) is 7.51. The molecule has 1 amide bonds. The first-order valence-corrected chi connectivity index (χ1v) is 13.0. The lowest BCUT2D eigenvalue weighted by atomic mass is 10.1. The van der Waals surface area contributed by atoms with Crippen molar-refractivity contribution in [2.45, 2.75) is 18.4 Å². The second-order valence-electron chi connectivity index (χ2n) is 8.27. The van der Waals surface area contributed by atoms with Crippen molar-refractivity contribution in [3.8, 4) is 0 Å². The Hall–Kier alpha value is -4.83. The number of nitrogens with zero attached hydrogens (tertiary/aromatic N) is 3. The van der Waals surface area contributed by atoms with Crippen molar-refractivity contribution in [1.82, 2.24) is 5.43 Å². The van der Waals surface area contributed by atoms with Crippen LogP contribution in [0.3, 0.4) is 0 Å². The van der Waals surface area contributed by atoms with Crippen molar-refractivity contribution in [1.29, 1.82) is 0 Å². The Labute approximate surface area is 220 Å². The molecule has 0 atom stereocenters. The highest BCUT2D eigenvalue weighted by atomic mass is 32.2. The summed E-state index contributed by atoms with van der Waals surface area (Å²) in [6, 6.07) is 29.3. The molecule has 10 heteroatoms. The van der Waals surface area contributed by atoms with E-state index in [1.807, 2.05) is 30.3 Å². The van der Waals surface area contributed by atoms with Gasteiger partial charge in [-0.2, -0.15) is 5.10 Å². The molecule has 0 aliphatic carbocycles. The van der Waals surface area contributed by atoms with Crippen molar-refractivity contribution >= 4 is 33.0 Å². The Kier molecular flexibility index (Phi) is 7.93. The van der Waals surface area contributed by atoms with Gasteiger partial charge in [-0.15, -0.1) is 0 Å². The minimum absolute atomic E-state index is 0.00739. The van der Waals surface area contributed by atoms with Crippen LogP contribution in [-0.2, 0) is 16.6 Å². The summed E-state index contributed by atoms with van der Waals surface area (Å²) in [5.41, 5.74) is 4.48. The zero-order chi connectivity index (χ0) is 27.1. The maximum absolute atomic E-state index is 13.8. The highest BCUT2D eigenvalue weighted by Gasteiger charge is 2.28. The Morgan fingerprint density at radius 1 is 0.868 bits per heavy atom. The Balaban J connectivity index is 1.68. The summed E-state index contributed by atoms with van der Waals surface area (Å²) in [4.78, 5) is 23.7. The van der Waals surface area contributed by atoms with Gasteiger partial charge in [0.25, 0.3) is 21.6 Å². The van der Waals surface area contributed by atoms with Crippen LogP contribution in [0.5, 0.6) is 0 Å². The Morgan fingerprint density at radius 3 is 2.08 bits per heavy atom. The fourth-order valence-electron chi connectivity index (χ4n) is 3.74. The van der Waals surface area contributed by atoms with E-state index in [1.165, 1.54) is 46.8 Å². The number of rotatable bonds is 9. The van der Waals surface area contributed by atoms with E-state index < -0.39 is 20.9 Å². The van der Waals surface area contributed by atoms with Crippen molar-refractivity contribution in [3.63, 3.8) is 0 Å². The van der Waals surface area contributed by atoms with Gasteiger partial charge in [-0.25, -0.2) is 13.8 Å². The lowest BCUT2D eigenvalue weighted by Gasteiger charge is -2.26. The summed E-state index contributed by atoms with van der Waals surface area (Å²) < 4.78 is 28.7. The topological polar surface area (TPSA) is 122 Å². The van der Waals surface area contributed by atoms with Gasteiger partial charge in [0, 0.05) is 12.1 Å². The van der Waals surface area contributed by atoms with Crippen LogP contribution in [0.1, 0.15) is 28.4 Å². The van der Waals surface area contributed by atoms with E-state index >= 15 is 0 Å². The van der Waals surface area contributed by atoms with E-state index in [-0.39, 0.29) is 28.4 Å². The lowest BCUT2D eigenvalue weighted by Crippen LogP contribution is -2.33. The highest BCUT2D eigenvalue weighted by molar-refractivity contribution is 7.92. The summed E-state index contributed by atoms with van der Waals surface area (Å²) in [6.45, 7) is 1.66. The first kappa shape index (κ1) is 26.2. The second-order valence-corrected chi connectivity index (χ2v) is 10.1. The summed E-state index contributed by atoms with van der Waals surface area (Å²) in [5, 5.41) is 15.0. The smallest absolute Gasteiger partial charge is 0.267 e. The van der Waals surface area contributed by atoms with Gasteiger partial charge >= 0.3 is 0 Å². The van der Waals surface area contributed by atoms with E-state index in [2.05, 4.69) is 10.5 Å². The van der Waals surface area contributed by atoms with E-state index in [0.29, 0.717) is 11.3 Å². The van der Waals surface area contributed by atoms with Gasteiger partial charge in [0.05, 0.1) is 33.3 Å². The fourth-order valence-corrected chi connectivity index (χ4v) is 5.23. The van der Waals surface area contributed by atoms with Crippen molar-refractivity contribution in [2.75, 3.05) is 4.31 Å². The zero-order valence-electron chi connectivity index (χ0n) is 20.4. The van der Waals surface area contributed by atoms with Gasteiger partial charge in [0.1, 0.15) is 0 Å². The van der Waals surface area contributed by atoms with Crippen LogP contribution in [0.2, 0.25) is 0 Å². The average Bonchev–Trinajstić information content (AvgIpc) is 2.95. The summed E-state index contributed by atoms with van der Waals surface area (Å²) >= 11 is 0. The number of nitro groups is 1. The molecule has 0 saturated carbocycles. The Morgan fingerprint density at radius 2 is 1.45 bits per heavy atom. The number of sulfonamides is 1. The molecule has 192 valence electrons. The number of hydrogen-bond acceptors (Lipinski definition) is 6. The lowest BCUT2D eigenvalue weighted by molar-refractivity contribution is -0.384. The highest BCUT2D eigenvalue weighted by Crippen LogP contribution is 2.29. The molecule has 0 aliphatic rings. The normalized spacial score (nSPS) is 11.6. The number of anilines is 1. The number of hydrazone groups is 1. The van der Waals surface area contributed by atoms with Gasteiger partial charge in [-0.3, -0.25) is 19.2 Å². The molecule has 0 bridgehead atoms. The third-order valence-electron chi connectivity index (χ3n) is 5.74. The van der Waals surface area contributed by atoms with Gasteiger partial charge in [0.2, 0.25) is 0 Å². The van der Waals surface area contributed by atoms with Crippen LogP contribution in [0.15, 0.2) is 119 Å². The number of carbonyl (C=O) groups is 1. The van der Waals surface area contributed by atoms with Crippen LogP contribution in [0.25, 0.3) is 0 Å². The second kappa shape index (κ2) is 11.5. The van der Waals surface area contributed by atoms with Crippen LogP contribution < -0.4 is 9.73 Å². The SMILES string of the molecule is C/C(=N\NC(=O)c1ccccc1N(Cc1ccccc1)S(=O)(=O)c1ccccc1)c1ccc([N+](=O)[O-])cc1. The number of nitrogens with one attached hydrogen (secondary N) is 1. The molecule has 0 aliphatic heterocycles. The standard InChI is InChI=1S/C28H24N4O5S/c1-21(23-16-18-24(19-17-23)32(34)35)29-30-28(33)26-14-8-9-15-27(26)31(20-22-10-4-2-5-11-22)38(36,37)25-12-6-3-7-13-25/h2-19H,20H2,1H3,(H,30,33)/b29-21+. The zero-order valence-corrected chi connectivity index (χ0v) is 21.2. The summed E-state index contributed by atoms with van der Waals surface area (Å²) in [7, 11) is -4.03. The summed E-state index contributed by atoms with van der Waals surface area (Å²) in [5.74, 6) is -0.608. The molecule has 1 N–H and O–H groups in total. The minimum atomic E-state index is -4.03. The number of hydrogen-bond donors (Lipinski definition) is 1. The van der Waals surface area contributed by atoms with Crippen LogP contribution in [0.4, 0.5) is 11.4 Å². The fraction of sp³-hybridized carbons (Fsp3) is 0.0714. The predicted octanol–water partition coefficient (Wildman–Crippen LogP) is 5.14. The molecule has 0 fully saturated rings. The molecule has 4 aromatic rings.